The minimum absolute atomic E-state index is 0.0452. The number of carbonyl (C=O) groups excluding carboxylic acids is 2. The molecule has 0 saturated carbocycles. The summed E-state index contributed by atoms with van der Waals surface area (Å²) in [7, 11) is 0. The van der Waals surface area contributed by atoms with E-state index in [2.05, 4.69) is 5.32 Å². The number of nitrogens with one attached hydrogen (secondary N) is 1. The molecule has 1 heterocycles. The number of imide groups is 1. The molecule has 1 aromatic carbocycles. The molecule has 0 aromatic heterocycles. The van der Waals surface area contributed by atoms with Crippen molar-refractivity contribution in [2.24, 2.45) is 5.92 Å². The minimum Gasteiger partial charge on any atom is -0.350 e. The van der Waals surface area contributed by atoms with Crippen LogP contribution < -0.4 is 5.32 Å². The largest absolute Gasteiger partial charge is 0.350 e. The van der Waals surface area contributed by atoms with Crippen molar-refractivity contribution in [3.8, 4) is 0 Å². The summed E-state index contributed by atoms with van der Waals surface area (Å²) in [5, 5.41) is 2.89. The summed E-state index contributed by atoms with van der Waals surface area (Å²) in [4.78, 5) is 25.4. The molecule has 5 heteroatoms. The van der Waals surface area contributed by atoms with Crippen molar-refractivity contribution in [2.45, 2.75) is 20.8 Å². The third kappa shape index (κ3) is 2.85. The average Bonchev–Trinajstić information content (AvgIpc) is 2.58. The second kappa shape index (κ2) is 5.67. The third-order valence-electron chi connectivity index (χ3n) is 2.98. The molecule has 0 unspecified atom stereocenters. The second-order valence-electron chi connectivity index (χ2n) is 5.29. The van der Waals surface area contributed by atoms with Gasteiger partial charge in [0.1, 0.15) is 10.7 Å². The normalized spacial score (nSPS) is 15.6. The number of aryl methyl sites for hydroxylation is 1. The predicted molar refractivity (Wildman–Crippen MR) is 79.2 cm³/mol. The number of hydrogen-bond donors (Lipinski definition) is 1. The van der Waals surface area contributed by atoms with Gasteiger partial charge in [0.15, 0.2) is 0 Å². The molecular weight excluding hydrogens is 276 g/mol. The highest BCUT2D eigenvalue weighted by Crippen LogP contribution is 2.26. The highest BCUT2D eigenvalue weighted by molar-refractivity contribution is 6.48. The summed E-state index contributed by atoms with van der Waals surface area (Å²) in [6, 6.07) is 7.53. The van der Waals surface area contributed by atoms with Crippen LogP contribution in [0.5, 0.6) is 0 Å². The van der Waals surface area contributed by atoms with Gasteiger partial charge in [-0.2, -0.15) is 0 Å². The van der Waals surface area contributed by atoms with Gasteiger partial charge in [-0.05, 0) is 25.0 Å². The van der Waals surface area contributed by atoms with Gasteiger partial charge in [-0.15, -0.1) is 0 Å². The molecule has 0 fully saturated rings. The van der Waals surface area contributed by atoms with Crippen LogP contribution in [-0.4, -0.2) is 23.3 Å². The van der Waals surface area contributed by atoms with Crippen LogP contribution in [0.1, 0.15) is 19.4 Å². The summed E-state index contributed by atoms with van der Waals surface area (Å²) in [5.41, 5.74) is 2.00. The third-order valence-corrected chi connectivity index (χ3v) is 3.33. The minimum atomic E-state index is -0.431. The maximum absolute atomic E-state index is 12.2. The molecule has 4 nitrogen and oxygen atoms in total. The van der Waals surface area contributed by atoms with Crippen LogP contribution in [0.2, 0.25) is 0 Å². The van der Waals surface area contributed by atoms with E-state index in [0.717, 1.165) is 11.3 Å². The van der Waals surface area contributed by atoms with Crippen LogP contribution in [0.3, 0.4) is 0 Å². The number of carbonyl (C=O) groups is 2. The van der Waals surface area contributed by atoms with Crippen molar-refractivity contribution in [1.82, 2.24) is 4.90 Å². The van der Waals surface area contributed by atoms with Gasteiger partial charge in [0.2, 0.25) is 0 Å². The highest BCUT2D eigenvalue weighted by atomic mass is 35.5. The van der Waals surface area contributed by atoms with Crippen molar-refractivity contribution >= 4 is 29.1 Å². The Bertz CT molecular complexity index is 576. The van der Waals surface area contributed by atoms with Crippen LogP contribution in [0, 0.1) is 12.8 Å². The Morgan fingerprint density at radius 2 is 1.75 bits per heavy atom. The molecule has 0 radical (unpaired) electrons. The zero-order valence-electron chi connectivity index (χ0n) is 11.7. The summed E-state index contributed by atoms with van der Waals surface area (Å²) < 4.78 is 0. The Kier molecular flexibility index (Phi) is 4.14. The number of benzene rings is 1. The van der Waals surface area contributed by atoms with E-state index in [4.69, 9.17) is 11.6 Å². The van der Waals surface area contributed by atoms with Gasteiger partial charge in [-0.3, -0.25) is 14.5 Å². The van der Waals surface area contributed by atoms with Crippen molar-refractivity contribution in [1.29, 1.82) is 0 Å². The van der Waals surface area contributed by atoms with Crippen molar-refractivity contribution in [3.63, 3.8) is 0 Å². The van der Waals surface area contributed by atoms with E-state index in [1.807, 2.05) is 45.0 Å². The maximum Gasteiger partial charge on any atom is 0.278 e. The van der Waals surface area contributed by atoms with Gasteiger partial charge in [0.05, 0.1) is 0 Å². The summed E-state index contributed by atoms with van der Waals surface area (Å²) in [5.74, 6) is -0.597. The maximum atomic E-state index is 12.2. The Balaban J connectivity index is 2.21. The van der Waals surface area contributed by atoms with E-state index in [1.165, 1.54) is 4.90 Å². The van der Waals surface area contributed by atoms with Crippen molar-refractivity contribution in [2.75, 3.05) is 11.9 Å². The van der Waals surface area contributed by atoms with E-state index in [-0.39, 0.29) is 22.6 Å². The molecule has 0 atom stereocenters. The number of amides is 2. The number of halogens is 1. The molecule has 0 spiro atoms. The average molecular weight is 293 g/mol. The molecule has 0 bridgehead atoms. The van der Waals surface area contributed by atoms with Gasteiger partial charge in [0, 0.05) is 12.2 Å². The van der Waals surface area contributed by atoms with E-state index < -0.39 is 5.91 Å². The molecule has 0 saturated heterocycles. The van der Waals surface area contributed by atoms with Crippen LogP contribution in [0.25, 0.3) is 0 Å². The van der Waals surface area contributed by atoms with Crippen molar-refractivity contribution in [3.05, 3.63) is 40.6 Å². The standard InChI is InChI=1S/C15H17ClN2O2/c1-9(2)8-18-14(19)12(16)13(15(18)20)17-11-6-4-10(3)5-7-11/h4-7,9,17H,8H2,1-3H3. The molecule has 2 rings (SSSR count). The molecule has 1 aliphatic heterocycles. The molecule has 1 N–H and O–H groups in total. The number of rotatable bonds is 4. The van der Waals surface area contributed by atoms with Crippen LogP contribution >= 0.6 is 11.6 Å². The molecule has 1 aromatic rings. The fraction of sp³-hybridized carbons (Fsp3) is 0.333. The quantitative estimate of drug-likeness (QED) is 0.868. The summed E-state index contributed by atoms with van der Waals surface area (Å²) in [6.45, 7) is 6.23. The fourth-order valence-corrected chi connectivity index (χ4v) is 2.20. The Hall–Kier alpha value is -1.81. The van der Waals surface area contributed by atoms with Gasteiger partial charge >= 0.3 is 0 Å². The summed E-state index contributed by atoms with van der Waals surface area (Å²) >= 11 is 5.99. The van der Waals surface area contributed by atoms with Crippen molar-refractivity contribution < 1.29 is 9.59 Å². The zero-order chi connectivity index (χ0) is 14.9. The van der Waals surface area contributed by atoms with Crippen LogP contribution in [-0.2, 0) is 9.59 Å². The van der Waals surface area contributed by atoms with Crippen LogP contribution in [0.4, 0.5) is 5.69 Å². The lowest BCUT2D eigenvalue weighted by molar-refractivity contribution is -0.137. The molecule has 20 heavy (non-hydrogen) atoms. The predicted octanol–water partition coefficient (Wildman–Crippen LogP) is 2.88. The van der Waals surface area contributed by atoms with E-state index in [1.54, 1.807) is 0 Å². The van der Waals surface area contributed by atoms with Gasteiger partial charge in [-0.25, -0.2) is 0 Å². The monoisotopic (exact) mass is 292 g/mol. The second-order valence-corrected chi connectivity index (χ2v) is 5.67. The first kappa shape index (κ1) is 14.6. The fourth-order valence-electron chi connectivity index (χ4n) is 1.97. The molecule has 0 aliphatic carbocycles. The lowest BCUT2D eigenvalue weighted by atomic mass is 10.2. The van der Waals surface area contributed by atoms with E-state index >= 15 is 0 Å². The first-order valence-corrected chi connectivity index (χ1v) is 6.87. The lowest BCUT2D eigenvalue weighted by Gasteiger charge is -2.17. The van der Waals surface area contributed by atoms with Crippen LogP contribution in [0.15, 0.2) is 35.0 Å². The molecule has 1 aliphatic rings. The smallest absolute Gasteiger partial charge is 0.278 e. The molecular formula is C15H17ClN2O2. The van der Waals surface area contributed by atoms with Gasteiger partial charge in [0.25, 0.3) is 11.8 Å². The summed E-state index contributed by atoms with van der Waals surface area (Å²) in [6.07, 6.45) is 0. The molecule has 2 amide bonds. The topological polar surface area (TPSA) is 49.4 Å². The Morgan fingerprint density at radius 1 is 1.15 bits per heavy atom. The van der Waals surface area contributed by atoms with Gasteiger partial charge < -0.3 is 5.32 Å². The van der Waals surface area contributed by atoms with E-state index in [0.29, 0.717) is 6.54 Å². The Morgan fingerprint density at radius 3 is 2.30 bits per heavy atom. The van der Waals surface area contributed by atoms with E-state index in [9.17, 15) is 9.59 Å². The first-order chi connectivity index (χ1) is 9.40. The van der Waals surface area contributed by atoms with Gasteiger partial charge in [-0.1, -0.05) is 43.1 Å². The zero-order valence-corrected chi connectivity index (χ0v) is 12.5. The number of anilines is 1. The highest BCUT2D eigenvalue weighted by Gasteiger charge is 2.37. The number of hydrogen-bond acceptors (Lipinski definition) is 3. The SMILES string of the molecule is Cc1ccc(NC2=C(Cl)C(=O)N(CC(C)C)C2=O)cc1. The first-order valence-electron chi connectivity index (χ1n) is 6.49. The molecule has 106 valence electrons. The lowest BCUT2D eigenvalue weighted by Crippen LogP contribution is -2.35. The Labute approximate surface area is 123 Å². The number of nitrogens with zero attached hydrogens (tertiary/aromatic N) is 1.